The molecule has 0 heterocycles. The van der Waals surface area contributed by atoms with Crippen molar-refractivity contribution in [1.82, 2.24) is 0 Å². The first-order valence-electron chi connectivity index (χ1n) is 6.50. The van der Waals surface area contributed by atoms with Crippen molar-refractivity contribution >= 4 is 5.97 Å². The fourth-order valence-corrected chi connectivity index (χ4v) is 2.46. The van der Waals surface area contributed by atoms with Gasteiger partial charge < -0.3 is 5.11 Å². The number of hydrogen-bond acceptors (Lipinski definition) is 1. The van der Waals surface area contributed by atoms with Gasteiger partial charge in [-0.05, 0) is 17.0 Å². The van der Waals surface area contributed by atoms with Crippen LogP contribution in [0.2, 0.25) is 0 Å². The Hall–Kier alpha value is -2.09. The van der Waals surface area contributed by atoms with E-state index in [-0.39, 0.29) is 18.3 Å². The molecule has 0 radical (unpaired) electrons. The number of carboxylic acids is 1. The number of carbonyl (C=O) groups is 1. The Morgan fingerprint density at radius 2 is 1.42 bits per heavy atom. The van der Waals surface area contributed by atoms with E-state index < -0.39 is 5.97 Å². The summed E-state index contributed by atoms with van der Waals surface area (Å²) in [4.78, 5) is 11.1. The van der Waals surface area contributed by atoms with E-state index in [1.807, 2.05) is 48.5 Å². The van der Waals surface area contributed by atoms with Crippen LogP contribution in [0.15, 0.2) is 60.7 Å². The fourth-order valence-electron chi connectivity index (χ4n) is 2.46. The molecule has 0 bridgehead atoms. The lowest BCUT2D eigenvalue weighted by Gasteiger charge is -2.23. The van der Waals surface area contributed by atoms with Gasteiger partial charge in [0.1, 0.15) is 0 Å². The van der Waals surface area contributed by atoms with Gasteiger partial charge in [0, 0.05) is 5.92 Å². The average Bonchev–Trinajstić information content (AvgIpc) is 2.46. The predicted molar refractivity (Wildman–Crippen MR) is 76.3 cm³/mol. The van der Waals surface area contributed by atoms with Crippen molar-refractivity contribution in [2.45, 2.75) is 25.2 Å². The number of rotatable bonds is 5. The van der Waals surface area contributed by atoms with E-state index >= 15 is 0 Å². The molecule has 2 aromatic carbocycles. The summed E-state index contributed by atoms with van der Waals surface area (Å²) < 4.78 is 0. The molecule has 2 heteroatoms. The second-order valence-electron chi connectivity index (χ2n) is 4.81. The molecule has 2 atom stereocenters. The van der Waals surface area contributed by atoms with Crippen molar-refractivity contribution in [2.24, 2.45) is 0 Å². The molecule has 2 rings (SSSR count). The first kappa shape index (κ1) is 13.3. The van der Waals surface area contributed by atoms with Crippen molar-refractivity contribution < 1.29 is 9.90 Å². The summed E-state index contributed by atoms with van der Waals surface area (Å²) in [6.45, 7) is 2.09. The van der Waals surface area contributed by atoms with Crippen molar-refractivity contribution in [3.8, 4) is 0 Å². The fraction of sp³-hybridized carbons (Fsp3) is 0.235. The van der Waals surface area contributed by atoms with Gasteiger partial charge in [0.2, 0.25) is 0 Å². The molecule has 98 valence electrons. The van der Waals surface area contributed by atoms with Gasteiger partial charge >= 0.3 is 5.97 Å². The number of benzene rings is 2. The van der Waals surface area contributed by atoms with Crippen molar-refractivity contribution in [2.75, 3.05) is 0 Å². The van der Waals surface area contributed by atoms with E-state index in [1.165, 1.54) is 5.56 Å². The van der Waals surface area contributed by atoms with Crippen LogP contribution >= 0.6 is 0 Å². The van der Waals surface area contributed by atoms with E-state index in [0.717, 1.165) is 5.56 Å². The van der Waals surface area contributed by atoms with E-state index in [4.69, 9.17) is 5.11 Å². The Bertz CT molecular complexity index is 519. The highest BCUT2D eigenvalue weighted by molar-refractivity contribution is 5.68. The molecule has 2 unspecified atom stereocenters. The molecule has 2 aromatic rings. The molecule has 0 saturated carbocycles. The minimum absolute atomic E-state index is 0.00102. The first-order chi connectivity index (χ1) is 9.18. The van der Waals surface area contributed by atoms with Crippen LogP contribution in [0.4, 0.5) is 0 Å². The summed E-state index contributed by atoms with van der Waals surface area (Å²) >= 11 is 0. The van der Waals surface area contributed by atoms with Crippen LogP contribution in [0.1, 0.15) is 36.3 Å². The first-order valence-corrected chi connectivity index (χ1v) is 6.50. The zero-order valence-electron chi connectivity index (χ0n) is 11.0. The zero-order valence-corrected chi connectivity index (χ0v) is 11.0. The Labute approximate surface area is 113 Å². The quantitative estimate of drug-likeness (QED) is 0.874. The lowest BCUT2D eigenvalue weighted by molar-refractivity contribution is -0.137. The third-order valence-electron chi connectivity index (χ3n) is 3.55. The van der Waals surface area contributed by atoms with Crippen LogP contribution in [0.3, 0.4) is 0 Å². The van der Waals surface area contributed by atoms with E-state index in [1.54, 1.807) is 0 Å². The summed E-state index contributed by atoms with van der Waals surface area (Å²) in [7, 11) is 0. The van der Waals surface area contributed by atoms with Crippen LogP contribution < -0.4 is 0 Å². The molecular weight excluding hydrogens is 236 g/mol. The summed E-state index contributed by atoms with van der Waals surface area (Å²) in [6.07, 6.45) is 0.153. The summed E-state index contributed by atoms with van der Waals surface area (Å²) in [5.41, 5.74) is 2.26. The Morgan fingerprint density at radius 1 is 0.947 bits per heavy atom. The maximum Gasteiger partial charge on any atom is 0.303 e. The number of carboxylic acid groups (broad SMARTS) is 1. The molecule has 0 aliphatic rings. The van der Waals surface area contributed by atoms with Gasteiger partial charge in [-0.1, -0.05) is 67.6 Å². The third kappa shape index (κ3) is 3.44. The highest BCUT2D eigenvalue weighted by Crippen LogP contribution is 2.35. The van der Waals surface area contributed by atoms with Gasteiger partial charge in [-0.25, -0.2) is 0 Å². The van der Waals surface area contributed by atoms with Crippen LogP contribution in [0.25, 0.3) is 0 Å². The number of hydrogen-bond donors (Lipinski definition) is 1. The molecule has 2 nitrogen and oxygen atoms in total. The molecule has 0 aliphatic carbocycles. The second-order valence-corrected chi connectivity index (χ2v) is 4.81. The minimum atomic E-state index is -0.753. The average molecular weight is 254 g/mol. The van der Waals surface area contributed by atoms with E-state index in [0.29, 0.717) is 0 Å². The van der Waals surface area contributed by atoms with Crippen LogP contribution in [0.5, 0.6) is 0 Å². The van der Waals surface area contributed by atoms with Gasteiger partial charge in [-0.2, -0.15) is 0 Å². The lowest BCUT2D eigenvalue weighted by Crippen LogP contribution is -2.13. The smallest absolute Gasteiger partial charge is 0.303 e. The molecule has 0 amide bonds. The minimum Gasteiger partial charge on any atom is -0.481 e. The molecule has 0 spiro atoms. The van der Waals surface area contributed by atoms with Crippen LogP contribution in [-0.2, 0) is 4.79 Å². The van der Waals surface area contributed by atoms with Crippen LogP contribution in [-0.4, -0.2) is 11.1 Å². The highest BCUT2D eigenvalue weighted by atomic mass is 16.4. The Kier molecular flexibility index (Phi) is 4.35. The largest absolute Gasteiger partial charge is 0.481 e. The van der Waals surface area contributed by atoms with Gasteiger partial charge in [-0.3, -0.25) is 4.79 Å². The van der Waals surface area contributed by atoms with E-state index in [9.17, 15) is 4.79 Å². The normalized spacial score (nSPS) is 13.7. The molecule has 1 N–H and O–H groups in total. The number of aliphatic carboxylic acids is 1. The SMILES string of the molecule is CC(c1ccccc1)C(CC(=O)O)c1ccccc1. The lowest BCUT2D eigenvalue weighted by atomic mass is 9.81. The van der Waals surface area contributed by atoms with Gasteiger partial charge in [0.15, 0.2) is 0 Å². The molecule has 0 fully saturated rings. The molecule has 0 aromatic heterocycles. The summed E-state index contributed by atoms with van der Waals surface area (Å²) in [5.74, 6) is -0.572. The van der Waals surface area contributed by atoms with Crippen molar-refractivity contribution in [1.29, 1.82) is 0 Å². The van der Waals surface area contributed by atoms with Crippen LogP contribution in [0, 0.1) is 0 Å². The second kappa shape index (κ2) is 6.19. The summed E-state index contributed by atoms with van der Waals surface area (Å²) in [6, 6.07) is 20.0. The van der Waals surface area contributed by atoms with Crippen molar-refractivity contribution in [3.05, 3.63) is 71.8 Å². The maximum atomic E-state index is 11.1. The molecule has 0 aliphatic heterocycles. The Morgan fingerprint density at radius 3 is 1.89 bits per heavy atom. The van der Waals surface area contributed by atoms with Gasteiger partial charge in [0.05, 0.1) is 6.42 Å². The monoisotopic (exact) mass is 254 g/mol. The van der Waals surface area contributed by atoms with Gasteiger partial charge in [-0.15, -0.1) is 0 Å². The van der Waals surface area contributed by atoms with Crippen molar-refractivity contribution in [3.63, 3.8) is 0 Å². The topological polar surface area (TPSA) is 37.3 Å². The van der Waals surface area contributed by atoms with E-state index in [2.05, 4.69) is 19.1 Å². The standard InChI is InChI=1S/C17H18O2/c1-13(14-8-4-2-5-9-14)16(12-17(18)19)15-10-6-3-7-11-15/h2-11,13,16H,12H2,1H3,(H,18,19). The molecule has 0 saturated heterocycles. The highest BCUT2D eigenvalue weighted by Gasteiger charge is 2.23. The van der Waals surface area contributed by atoms with Gasteiger partial charge in [0.25, 0.3) is 0 Å². The maximum absolute atomic E-state index is 11.1. The molecular formula is C17H18O2. The Balaban J connectivity index is 2.30. The third-order valence-corrected chi connectivity index (χ3v) is 3.55. The predicted octanol–water partition coefficient (Wildman–Crippen LogP) is 4.05. The summed E-state index contributed by atoms with van der Waals surface area (Å²) in [5, 5.41) is 9.14. The zero-order chi connectivity index (χ0) is 13.7. The molecule has 19 heavy (non-hydrogen) atoms.